The molecule has 1 fully saturated rings. The molecular weight excluding hydrogens is 398 g/mol. The van der Waals surface area contributed by atoms with Gasteiger partial charge in [-0.2, -0.15) is 0 Å². The number of thioether (sulfide) groups is 1. The SMILES string of the molecule is COc1ccc(-n2c(SCC(=O)N3CCCCCC3)nnc2-c2cccnc2)cc1. The Morgan fingerprint density at radius 3 is 2.50 bits per heavy atom. The van der Waals surface area contributed by atoms with Crippen LogP contribution >= 0.6 is 11.8 Å². The molecule has 30 heavy (non-hydrogen) atoms. The number of ether oxygens (including phenoxy) is 1. The van der Waals surface area contributed by atoms with E-state index in [1.54, 1.807) is 19.5 Å². The number of nitrogens with zero attached hydrogens (tertiary/aromatic N) is 5. The van der Waals surface area contributed by atoms with Crippen molar-refractivity contribution in [2.45, 2.75) is 30.8 Å². The Morgan fingerprint density at radius 2 is 1.83 bits per heavy atom. The van der Waals surface area contributed by atoms with Crippen LogP contribution in [-0.2, 0) is 4.79 Å². The summed E-state index contributed by atoms with van der Waals surface area (Å²) in [6.07, 6.45) is 8.08. The Kier molecular flexibility index (Phi) is 6.63. The van der Waals surface area contributed by atoms with Gasteiger partial charge in [0, 0.05) is 36.7 Å². The second-order valence-electron chi connectivity index (χ2n) is 7.16. The fourth-order valence-corrected chi connectivity index (χ4v) is 4.40. The molecular formula is C22H25N5O2S. The van der Waals surface area contributed by atoms with E-state index in [9.17, 15) is 4.79 Å². The maximum absolute atomic E-state index is 12.8. The van der Waals surface area contributed by atoms with Gasteiger partial charge in [-0.1, -0.05) is 24.6 Å². The summed E-state index contributed by atoms with van der Waals surface area (Å²) in [5, 5.41) is 9.48. The summed E-state index contributed by atoms with van der Waals surface area (Å²) < 4.78 is 7.25. The second-order valence-corrected chi connectivity index (χ2v) is 8.11. The monoisotopic (exact) mass is 423 g/mol. The lowest BCUT2D eigenvalue weighted by Crippen LogP contribution is -2.33. The lowest BCUT2D eigenvalue weighted by molar-refractivity contribution is -0.128. The molecule has 0 atom stereocenters. The summed E-state index contributed by atoms with van der Waals surface area (Å²) in [5.74, 6) is 1.98. The van der Waals surface area contributed by atoms with Crippen LogP contribution in [0.1, 0.15) is 25.7 Å². The van der Waals surface area contributed by atoms with Crippen molar-refractivity contribution in [3.63, 3.8) is 0 Å². The molecule has 0 aliphatic carbocycles. The predicted molar refractivity (Wildman–Crippen MR) is 117 cm³/mol. The van der Waals surface area contributed by atoms with Crippen LogP contribution in [0.5, 0.6) is 5.75 Å². The van der Waals surface area contributed by atoms with Crippen LogP contribution < -0.4 is 4.74 Å². The van der Waals surface area contributed by atoms with Gasteiger partial charge in [-0.3, -0.25) is 14.3 Å². The Morgan fingerprint density at radius 1 is 1.07 bits per heavy atom. The van der Waals surface area contributed by atoms with E-state index >= 15 is 0 Å². The Hall–Kier alpha value is -2.87. The molecule has 4 rings (SSSR count). The third-order valence-corrected chi connectivity index (χ3v) is 6.08. The summed E-state index contributed by atoms with van der Waals surface area (Å²) in [6, 6.07) is 11.6. The van der Waals surface area contributed by atoms with Gasteiger partial charge in [0.2, 0.25) is 5.91 Å². The zero-order valence-electron chi connectivity index (χ0n) is 17.0. The van der Waals surface area contributed by atoms with E-state index in [2.05, 4.69) is 15.2 Å². The number of pyridine rings is 1. The largest absolute Gasteiger partial charge is 0.497 e. The molecule has 3 heterocycles. The first-order valence-electron chi connectivity index (χ1n) is 10.2. The highest BCUT2D eigenvalue weighted by molar-refractivity contribution is 7.99. The predicted octanol–water partition coefficient (Wildman–Crippen LogP) is 3.83. The fraction of sp³-hybridized carbons (Fsp3) is 0.364. The fourth-order valence-electron chi connectivity index (χ4n) is 3.55. The Labute approximate surface area is 180 Å². The van der Waals surface area contributed by atoms with E-state index in [4.69, 9.17) is 4.74 Å². The molecule has 2 aromatic heterocycles. The topological polar surface area (TPSA) is 73.1 Å². The van der Waals surface area contributed by atoms with Crippen LogP contribution in [0.4, 0.5) is 0 Å². The molecule has 1 aliphatic rings. The zero-order chi connectivity index (χ0) is 20.8. The van der Waals surface area contributed by atoms with Gasteiger partial charge in [0.15, 0.2) is 11.0 Å². The minimum absolute atomic E-state index is 0.161. The molecule has 0 radical (unpaired) electrons. The second kappa shape index (κ2) is 9.75. The van der Waals surface area contributed by atoms with Crippen LogP contribution in [0, 0.1) is 0 Å². The Bertz CT molecular complexity index is 967. The number of hydrogen-bond donors (Lipinski definition) is 0. The third-order valence-electron chi connectivity index (χ3n) is 5.17. The molecule has 7 nitrogen and oxygen atoms in total. The lowest BCUT2D eigenvalue weighted by atomic mass is 10.2. The van der Waals surface area contributed by atoms with Crippen LogP contribution in [-0.4, -0.2) is 56.5 Å². The summed E-state index contributed by atoms with van der Waals surface area (Å²) in [5.41, 5.74) is 1.77. The Balaban J connectivity index is 1.60. The number of methoxy groups -OCH3 is 1. The van der Waals surface area contributed by atoms with Gasteiger partial charge in [0.05, 0.1) is 12.9 Å². The van der Waals surface area contributed by atoms with Crippen molar-refractivity contribution in [2.75, 3.05) is 26.0 Å². The molecule has 0 saturated carbocycles. The molecule has 1 aromatic carbocycles. The average Bonchev–Trinajstić information content (AvgIpc) is 3.02. The molecule has 0 N–H and O–H groups in total. The quantitative estimate of drug-likeness (QED) is 0.561. The van der Waals surface area contributed by atoms with Crippen LogP contribution in [0.15, 0.2) is 53.9 Å². The van der Waals surface area contributed by atoms with Gasteiger partial charge in [0.25, 0.3) is 0 Å². The first-order valence-corrected chi connectivity index (χ1v) is 11.2. The van der Waals surface area contributed by atoms with Crippen LogP contribution in [0.25, 0.3) is 17.1 Å². The van der Waals surface area contributed by atoms with E-state index in [0.717, 1.165) is 42.9 Å². The zero-order valence-corrected chi connectivity index (χ0v) is 17.8. The molecule has 1 amide bonds. The number of aromatic nitrogens is 4. The van der Waals surface area contributed by atoms with Crippen molar-refractivity contribution in [1.82, 2.24) is 24.6 Å². The standard InChI is InChI=1S/C22H25N5O2S/c1-29-19-10-8-18(9-11-19)27-21(17-7-6-12-23-15-17)24-25-22(27)30-16-20(28)26-13-4-2-3-5-14-26/h6-12,15H,2-5,13-14,16H2,1H3. The molecule has 0 spiro atoms. The van der Waals surface area contributed by atoms with Gasteiger partial charge in [0.1, 0.15) is 5.75 Å². The van der Waals surface area contributed by atoms with Gasteiger partial charge in [-0.05, 0) is 49.2 Å². The number of carbonyl (C=O) groups excluding carboxylic acids is 1. The van der Waals surface area contributed by atoms with Crippen LogP contribution in [0.3, 0.4) is 0 Å². The third kappa shape index (κ3) is 4.64. The van der Waals surface area contributed by atoms with Crippen molar-refractivity contribution in [3.8, 4) is 22.8 Å². The van der Waals surface area contributed by atoms with E-state index in [-0.39, 0.29) is 5.91 Å². The van der Waals surface area contributed by atoms with Gasteiger partial charge < -0.3 is 9.64 Å². The average molecular weight is 424 g/mol. The van der Waals surface area contributed by atoms with E-state index < -0.39 is 0 Å². The summed E-state index contributed by atoms with van der Waals surface area (Å²) in [4.78, 5) is 18.9. The van der Waals surface area contributed by atoms with Crippen molar-refractivity contribution >= 4 is 17.7 Å². The summed E-state index contributed by atoms with van der Waals surface area (Å²) in [6.45, 7) is 1.71. The van der Waals surface area contributed by atoms with Crippen molar-refractivity contribution in [3.05, 3.63) is 48.8 Å². The van der Waals surface area contributed by atoms with E-state index in [1.165, 1.54) is 24.6 Å². The number of likely N-dealkylation sites (tertiary alicyclic amines) is 1. The first-order chi connectivity index (χ1) is 14.8. The smallest absolute Gasteiger partial charge is 0.233 e. The lowest BCUT2D eigenvalue weighted by Gasteiger charge is -2.20. The van der Waals surface area contributed by atoms with E-state index in [1.807, 2.05) is 45.9 Å². The maximum atomic E-state index is 12.8. The first kappa shape index (κ1) is 20.4. The van der Waals surface area contributed by atoms with Gasteiger partial charge in [-0.15, -0.1) is 10.2 Å². The molecule has 8 heteroatoms. The summed E-state index contributed by atoms with van der Waals surface area (Å²) >= 11 is 1.42. The maximum Gasteiger partial charge on any atom is 0.233 e. The van der Waals surface area contributed by atoms with Crippen LogP contribution in [0.2, 0.25) is 0 Å². The molecule has 3 aromatic rings. The normalized spacial score (nSPS) is 14.4. The molecule has 1 aliphatic heterocycles. The van der Waals surface area contributed by atoms with Crippen molar-refractivity contribution in [1.29, 1.82) is 0 Å². The molecule has 156 valence electrons. The number of amides is 1. The van der Waals surface area contributed by atoms with Crippen molar-refractivity contribution in [2.24, 2.45) is 0 Å². The van der Waals surface area contributed by atoms with Gasteiger partial charge in [-0.25, -0.2) is 0 Å². The highest BCUT2D eigenvalue weighted by Crippen LogP contribution is 2.29. The number of carbonyl (C=O) groups is 1. The minimum Gasteiger partial charge on any atom is -0.497 e. The highest BCUT2D eigenvalue weighted by atomic mass is 32.2. The molecule has 0 bridgehead atoms. The van der Waals surface area contributed by atoms with Crippen molar-refractivity contribution < 1.29 is 9.53 Å². The highest BCUT2D eigenvalue weighted by Gasteiger charge is 2.20. The van der Waals surface area contributed by atoms with E-state index in [0.29, 0.717) is 16.7 Å². The number of hydrogen-bond acceptors (Lipinski definition) is 6. The number of rotatable bonds is 6. The number of benzene rings is 1. The minimum atomic E-state index is 0.161. The summed E-state index contributed by atoms with van der Waals surface area (Å²) in [7, 11) is 1.64. The molecule has 0 unspecified atom stereocenters. The van der Waals surface area contributed by atoms with Gasteiger partial charge >= 0.3 is 0 Å². The molecule has 1 saturated heterocycles.